The maximum absolute atomic E-state index is 5.87. The number of halogens is 1. The largest absolute Gasteiger partial charge is 0.309 e. The van der Waals surface area contributed by atoms with Gasteiger partial charge >= 0.3 is 0 Å². The van der Waals surface area contributed by atoms with Crippen molar-refractivity contribution in [2.24, 2.45) is 0 Å². The summed E-state index contributed by atoms with van der Waals surface area (Å²) in [6.45, 7) is 4.58. The third-order valence-electron chi connectivity index (χ3n) is 3.83. The Bertz CT molecular complexity index is 164. The predicted octanol–water partition coefficient (Wildman–Crippen LogP) is 4.10. The Kier molecular flexibility index (Phi) is 5.99. The van der Waals surface area contributed by atoms with Crippen LogP contribution in [-0.2, 0) is 0 Å². The molecule has 0 amide bonds. The molecule has 0 aromatic carbocycles. The second-order valence-corrected chi connectivity index (χ2v) is 5.56. The molecule has 1 rings (SSSR count). The number of rotatable bonds is 5. The van der Waals surface area contributed by atoms with Crippen LogP contribution in [0.5, 0.6) is 0 Å². The second kappa shape index (κ2) is 6.75. The SMILES string of the molecule is CCC(C)(CCCl)NC1CCCCCC1. The van der Waals surface area contributed by atoms with Gasteiger partial charge in [0.05, 0.1) is 0 Å². The molecule has 1 unspecified atom stereocenters. The zero-order valence-corrected chi connectivity index (χ0v) is 11.1. The topological polar surface area (TPSA) is 12.0 Å². The van der Waals surface area contributed by atoms with Crippen LogP contribution in [0, 0.1) is 0 Å². The molecule has 15 heavy (non-hydrogen) atoms. The van der Waals surface area contributed by atoms with Crippen molar-refractivity contribution < 1.29 is 0 Å². The summed E-state index contributed by atoms with van der Waals surface area (Å²) in [6.07, 6.45) is 10.6. The molecule has 1 fully saturated rings. The molecule has 1 aliphatic rings. The van der Waals surface area contributed by atoms with E-state index in [0.29, 0.717) is 0 Å². The van der Waals surface area contributed by atoms with Crippen molar-refractivity contribution in [3.63, 3.8) is 0 Å². The van der Waals surface area contributed by atoms with Crippen LogP contribution in [0.3, 0.4) is 0 Å². The molecule has 1 saturated carbocycles. The molecule has 0 aromatic rings. The molecule has 1 atom stereocenters. The summed E-state index contributed by atoms with van der Waals surface area (Å²) >= 11 is 5.87. The van der Waals surface area contributed by atoms with Crippen molar-refractivity contribution in [3.05, 3.63) is 0 Å². The van der Waals surface area contributed by atoms with Gasteiger partial charge in [-0.1, -0.05) is 32.6 Å². The van der Waals surface area contributed by atoms with Gasteiger partial charge in [0.2, 0.25) is 0 Å². The minimum Gasteiger partial charge on any atom is -0.309 e. The van der Waals surface area contributed by atoms with E-state index in [1.54, 1.807) is 0 Å². The van der Waals surface area contributed by atoms with Crippen LogP contribution in [0.25, 0.3) is 0 Å². The first kappa shape index (κ1) is 13.3. The molecular weight excluding hydrogens is 206 g/mol. The van der Waals surface area contributed by atoms with Gasteiger partial charge < -0.3 is 5.32 Å². The van der Waals surface area contributed by atoms with Gasteiger partial charge in [-0.15, -0.1) is 11.6 Å². The van der Waals surface area contributed by atoms with Crippen LogP contribution in [-0.4, -0.2) is 17.5 Å². The van der Waals surface area contributed by atoms with Crippen molar-refractivity contribution in [2.75, 3.05) is 5.88 Å². The lowest BCUT2D eigenvalue weighted by atomic mass is 9.93. The van der Waals surface area contributed by atoms with E-state index in [-0.39, 0.29) is 5.54 Å². The van der Waals surface area contributed by atoms with Crippen molar-refractivity contribution in [3.8, 4) is 0 Å². The maximum atomic E-state index is 5.87. The van der Waals surface area contributed by atoms with Crippen molar-refractivity contribution >= 4 is 11.6 Å². The molecule has 0 heterocycles. The van der Waals surface area contributed by atoms with Crippen molar-refractivity contribution in [1.29, 1.82) is 0 Å². The lowest BCUT2D eigenvalue weighted by Crippen LogP contribution is -2.48. The smallest absolute Gasteiger partial charge is 0.0240 e. The van der Waals surface area contributed by atoms with Gasteiger partial charge in [0, 0.05) is 17.5 Å². The minimum absolute atomic E-state index is 0.261. The number of nitrogens with one attached hydrogen (secondary N) is 1. The third kappa shape index (κ3) is 4.74. The Labute approximate surface area is 100.0 Å². The molecule has 1 aliphatic carbocycles. The van der Waals surface area contributed by atoms with Crippen molar-refractivity contribution in [2.45, 2.75) is 76.8 Å². The highest BCUT2D eigenvalue weighted by atomic mass is 35.5. The van der Waals surface area contributed by atoms with Gasteiger partial charge in [0.25, 0.3) is 0 Å². The van der Waals surface area contributed by atoms with E-state index in [9.17, 15) is 0 Å². The van der Waals surface area contributed by atoms with E-state index in [0.717, 1.165) is 18.3 Å². The normalized spacial score (nSPS) is 23.4. The summed E-state index contributed by atoms with van der Waals surface area (Å²) in [6, 6.07) is 0.737. The van der Waals surface area contributed by atoms with E-state index in [1.165, 1.54) is 44.9 Å². The second-order valence-electron chi connectivity index (χ2n) is 5.19. The zero-order valence-electron chi connectivity index (χ0n) is 10.3. The molecular formula is C13H26ClN. The van der Waals surface area contributed by atoms with Gasteiger partial charge in [-0.2, -0.15) is 0 Å². The van der Waals surface area contributed by atoms with Crippen LogP contribution in [0.2, 0.25) is 0 Å². The molecule has 0 bridgehead atoms. The zero-order chi connectivity index (χ0) is 11.1. The lowest BCUT2D eigenvalue weighted by Gasteiger charge is -2.34. The first-order valence-corrected chi connectivity index (χ1v) is 7.07. The molecule has 90 valence electrons. The van der Waals surface area contributed by atoms with E-state index >= 15 is 0 Å². The number of hydrogen-bond donors (Lipinski definition) is 1. The Hall–Kier alpha value is 0.250. The van der Waals surface area contributed by atoms with E-state index in [2.05, 4.69) is 19.2 Å². The maximum Gasteiger partial charge on any atom is 0.0240 e. The van der Waals surface area contributed by atoms with Gasteiger partial charge in [-0.25, -0.2) is 0 Å². The Morgan fingerprint density at radius 2 is 1.80 bits per heavy atom. The molecule has 1 N–H and O–H groups in total. The molecule has 0 saturated heterocycles. The van der Waals surface area contributed by atoms with E-state index < -0.39 is 0 Å². The third-order valence-corrected chi connectivity index (χ3v) is 4.02. The highest BCUT2D eigenvalue weighted by molar-refractivity contribution is 6.17. The summed E-state index contributed by atoms with van der Waals surface area (Å²) in [5.41, 5.74) is 0.261. The Balaban J connectivity index is 2.41. The highest BCUT2D eigenvalue weighted by Gasteiger charge is 2.25. The fraction of sp³-hybridized carbons (Fsp3) is 1.00. The van der Waals surface area contributed by atoms with Gasteiger partial charge in [-0.3, -0.25) is 0 Å². The van der Waals surface area contributed by atoms with Crippen LogP contribution in [0.4, 0.5) is 0 Å². The minimum atomic E-state index is 0.261. The average molecular weight is 232 g/mol. The summed E-state index contributed by atoms with van der Waals surface area (Å²) in [5, 5.41) is 3.84. The van der Waals surface area contributed by atoms with Gasteiger partial charge in [0.1, 0.15) is 0 Å². The van der Waals surface area contributed by atoms with Gasteiger partial charge in [0.15, 0.2) is 0 Å². The monoisotopic (exact) mass is 231 g/mol. The van der Waals surface area contributed by atoms with Crippen LogP contribution in [0.1, 0.15) is 65.2 Å². The van der Waals surface area contributed by atoms with E-state index in [4.69, 9.17) is 11.6 Å². The molecule has 0 radical (unpaired) electrons. The first-order valence-electron chi connectivity index (χ1n) is 6.54. The molecule has 0 aromatic heterocycles. The average Bonchev–Trinajstić information content (AvgIpc) is 2.47. The van der Waals surface area contributed by atoms with Gasteiger partial charge in [-0.05, 0) is 32.6 Å². The fourth-order valence-electron chi connectivity index (χ4n) is 2.48. The summed E-state index contributed by atoms with van der Waals surface area (Å²) in [5.74, 6) is 0.768. The summed E-state index contributed by atoms with van der Waals surface area (Å²) < 4.78 is 0. The van der Waals surface area contributed by atoms with E-state index in [1.807, 2.05) is 0 Å². The van der Waals surface area contributed by atoms with Crippen LogP contribution in [0.15, 0.2) is 0 Å². The highest BCUT2D eigenvalue weighted by Crippen LogP contribution is 2.22. The summed E-state index contributed by atoms with van der Waals surface area (Å²) in [7, 11) is 0. The van der Waals surface area contributed by atoms with Crippen molar-refractivity contribution in [1.82, 2.24) is 5.32 Å². The fourth-order valence-corrected chi connectivity index (χ4v) is 2.89. The lowest BCUT2D eigenvalue weighted by molar-refractivity contribution is 0.275. The molecule has 0 spiro atoms. The standard InChI is InChI=1S/C13H26ClN/c1-3-13(2,10-11-14)15-12-8-6-4-5-7-9-12/h12,15H,3-11H2,1-2H3. The predicted molar refractivity (Wildman–Crippen MR) is 68.7 cm³/mol. The van der Waals surface area contributed by atoms with Crippen LogP contribution >= 0.6 is 11.6 Å². The quantitative estimate of drug-likeness (QED) is 0.555. The first-order chi connectivity index (χ1) is 7.20. The molecule has 2 heteroatoms. The number of alkyl halides is 1. The van der Waals surface area contributed by atoms with Crippen LogP contribution < -0.4 is 5.32 Å². The Morgan fingerprint density at radius 3 is 2.27 bits per heavy atom. The molecule has 0 aliphatic heterocycles. The summed E-state index contributed by atoms with van der Waals surface area (Å²) in [4.78, 5) is 0. The Morgan fingerprint density at radius 1 is 1.20 bits per heavy atom. The number of hydrogen-bond acceptors (Lipinski definition) is 1. The molecule has 1 nitrogen and oxygen atoms in total.